The quantitative estimate of drug-likeness (QED) is 0.213. The lowest BCUT2D eigenvalue weighted by atomic mass is 10.0. The van der Waals surface area contributed by atoms with Gasteiger partial charge in [-0.05, 0) is 69.7 Å². The summed E-state index contributed by atoms with van der Waals surface area (Å²) in [4.78, 5) is 11.1. The SMILES string of the molecule is CC.CC(=O)c1ccc2ccccc2c1.CC/C=C/CCCCC.CC1=CCCC=C1C.CCCC. The average Bonchev–Trinajstić information content (AvgIpc) is 2.92. The van der Waals surface area contributed by atoms with Crippen LogP contribution in [-0.4, -0.2) is 5.78 Å². The number of ketones is 1. The van der Waals surface area contributed by atoms with Crippen LogP contribution in [0.1, 0.15) is 130 Å². The van der Waals surface area contributed by atoms with Crippen LogP contribution in [0.5, 0.6) is 0 Å². The summed E-state index contributed by atoms with van der Waals surface area (Å²) in [6.07, 6.45) is 20.8. The molecule has 0 fully saturated rings. The average molecular weight is 493 g/mol. The number of hydrogen-bond acceptors (Lipinski definition) is 1. The largest absolute Gasteiger partial charge is 0.295 e. The van der Waals surface area contributed by atoms with Crippen molar-refractivity contribution in [2.45, 2.75) is 120 Å². The summed E-state index contributed by atoms with van der Waals surface area (Å²) in [5, 5.41) is 2.29. The lowest BCUT2D eigenvalue weighted by Gasteiger charge is -2.05. The Labute approximate surface area is 224 Å². The number of unbranched alkanes of at least 4 members (excludes halogenated alkanes) is 4. The molecule has 0 bridgehead atoms. The fourth-order valence-electron chi connectivity index (χ4n) is 3.13. The Balaban J connectivity index is 0. The molecule has 0 N–H and O–H groups in total. The minimum Gasteiger partial charge on any atom is -0.295 e. The summed E-state index contributed by atoms with van der Waals surface area (Å²) in [6.45, 7) is 18.7. The van der Waals surface area contributed by atoms with Gasteiger partial charge < -0.3 is 0 Å². The Morgan fingerprint density at radius 3 is 1.75 bits per heavy atom. The van der Waals surface area contributed by atoms with E-state index in [1.54, 1.807) is 6.92 Å². The summed E-state index contributed by atoms with van der Waals surface area (Å²) < 4.78 is 0. The highest BCUT2D eigenvalue weighted by atomic mass is 16.1. The molecular weight excluding hydrogens is 436 g/mol. The van der Waals surface area contributed by atoms with E-state index in [0.717, 1.165) is 10.9 Å². The van der Waals surface area contributed by atoms with E-state index in [4.69, 9.17) is 0 Å². The smallest absolute Gasteiger partial charge is 0.159 e. The van der Waals surface area contributed by atoms with Crippen molar-refractivity contribution in [3.63, 3.8) is 0 Å². The van der Waals surface area contributed by atoms with Crippen LogP contribution >= 0.6 is 0 Å². The predicted molar refractivity (Wildman–Crippen MR) is 166 cm³/mol. The summed E-state index contributed by atoms with van der Waals surface area (Å²) >= 11 is 0. The zero-order chi connectivity index (χ0) is 27.6. The summed E-state index contributed by atoms with van der Waals surface area (Å²) in [5.74, 6) is 0.116. The maximum absolute atomic E-state index is 11.1. The topological polar surface area (TPSA) is 17.1 Å². The molecule has 0 heterocycles. The van der Waals surface area contributed by atoms with Crippen molar-refractivity contribution in [1.29, 1.82) is 0 Å². The Morgan fingerprint density at radius 1 is 0.750 bits per heavy atom. The van der Waals surface area contributed by atoms with Gasteiger partial charge in [0.1, 0.15) is 0 Å². The molecule has 0 saturated heterocycles. The summed E-state index contributed by atoms with van der Waals surface area (Å²) in [5.41, 5.74) is 3.69. The first-order valence-electron chi connectivity index (χ1n) is 14.4. The number of allylic oxidation sites excluding steroid dienone is 6. The maximum atomic E-state index is 11.1. The fourth-order valence-corrected chi connectivity index (χ4v) is 3.13. The number of carbonyl (C=O) groups excluding carboxylic acids is 1. The minimum absolute atomic E-state index is 0.116. The number of hydrogen-bond donors (Lipinski definition) is 0. The van der Waals surface area contributed by atoms with E-state index in [0.29, 0.717) is 0 Å². The van der Waals surface area contributed by atoms with Crippen LogP contribution < -0.4 is 0 Å². The Morgan fingerprint density at radius 2 is 1.31 bits per heavy atom. The van der Waals surface area contributed by atoms with Crippen molar-refractivity contribution >= 4 is 16.6 Å². The van der Waals surface area contributed by atoms with Gasteiger partial charge in [0, 0.05) is 5.56 Å². The van der Waals surface area contributed by atoms with Gasteiger partial charge in [-0.2, -0.15) is 0 Å². The molecule has 202 valence electrons. The van der Waals surface area contributed by atoms with Gasteiger partial charge in [0.05, 0.1) is 0 Å². The number of fused-ring (bicyclic) bond motifs is 1. The van der Waals surface area contributed by atoms with Crippen molar-refractivity contribution < 1.29 is 4.79 Å². The van der Waals surface area contributed by atoms with Crippen LogP contribution in [0.25, 0.3) is 10.8 Å². The minimum atomic E-state index is 0.116. The van der Waals surface area contributed by atoms with E-state index in [9.17, 15) is 4.79 Å². The molecule has 36 heavy (non-hydrogen) atoms. The maximum Gasteiger partial charge on any atom is 0.159 e. The highest BCUT2D eigenvalue weighted by molar-refractivity contribution is 5.98. The summed E-state index contributed by atoms with van der Waals surface area (Å²) in [7, 11) is 0. The molecule has 0 saturated carbocycles. The predicted octanol–water partition coefficient (Wildman–Crippen LogP) is 12.1. The van der Waals surface area contributed by atoms with Gasteiger partial charge in [0.2, 0.25) is 0 Å². The van der Waals surface area contributed by atoms with E-state index in [1.807, 2.05) is 56.3 Å². The lowest BCUT2D eigenvalue weighted by Crippen LogP contribution is -1.90. The van der Waals surface area contributed by atoms with Crippen molar-refractivity contribution in [3.05, 3.63) is 83.5 Å². The molecule has 2 aromatic rings. The Bertz CT molecular complexity index is 862. The first-order valence-corrected chi connectivity index (χ1v) is 14.4. The normalized spacial score (nSPS) is 11.8. The third-order valence-electron chi connectivity index (χ3n) is 5.72. The molecule has 0 radical (unpaired) electrons. The van der Waals surface area contributed by atoms with E-state index in [2.05, 4.69) is 65.8 Å². The molecule has 0 atom stereocenters. The van der Waals surface area contributed by atoms with Crippen molar-refractivity contribution in [2.75, 3.05) is 0 Å². The monoisotopic (exact) mass is 492 g/mol. The highest BCUT2D eigenvalue weighted by Crippen LogP contribution is 2.16. The number of rotatable bonds is 7. The lowest BCUT2D eigenvalue weighted by molar-refractivity contribution is 0.101. The standard InChI is InChI=1S/C12H10O.C9H18.C8H12.C4H10.C2H6/c1-9(13)11-7-6-10-4-2-3-5-12(10)8-11;1-3-5-7-9-8-6-4-2;1-7-5-3-4-6-8(7)2;1-3-4-2;1-2/h2-8H,1H3;5,7H,3-4,6,8-9H2,1-2H3;5-6H,3-4H2,1-2H3;3-4H2,1-2H3;1-2H3/b;7-5+;;;. The zero-order valence-electron chi connectivity index (χ0n) is 25.1. The molecule has 0 amide bonds. The summed E-state index contributed by atoms with van der Waals surface area (Å²) in [6, 6.07) is 13.8. The number of Topliss-reactive ketones (excluding diaryl/α,β-unsaturated/α-hetero) is 1. The second-order valence-corrected chi connectivity index (χ2v) is 8.85. The van der Waals surface area contributed by atoms with Crippen LogP contribution in [0.3, 0.4) is 0 Å². The number of benzene rings is 2. The van der Waals surface area contributed by atoms with Crippen LogP contribution in [-0.2, 0) is 0 Å². The van der Waals surface area contributed by atoms with E-state index >= 15 is 0 Å². The van der Waals surface area contributed by atoms with Gasteiger partial charge in [0.25, 0.3) is 0 Å². The van der Waals surface area contributed by atoms with Crippen molar-refractivity contribution in [2.24, 2.45) is 0 Å². The third-order valence-corrected chi connectivity index (χ3v) is 5.72. The molecule has 0 spiro atoms. The molecule has 0 aliphatic heterocycles. The molecule has 1 nitrogen and oxygen atoms in total. The van der Waals surface area contributed by atoms with Gasteiger partial charge in [0.15, 0.2) is 5.78 Å². The van der Waals surface area contributed by atoms with Gasteiger partial charge >= 0.3 is 0 Å². The molecule has 1 heteroatoms. The van der Waals surface area contributed by atoms with Crippen LogP contribution in [0, 0.1) is 0 Å². The van der Waals surface area contributed by atoms with Crippen molar-refractivity contribution in [3.8, 4) is 0 Å². The van der Waals surface area contributed by atoms with Gasteiger partial charge in [-0.1, -0.05) is 139 Å². The molecule has 0 unspecified atom stereocenters. The van der Waals surface area contributed by atoms with E-state index < -0.39 is 0 Å². The van der Waals surface area contributed by atoms with Crippen LogP contribution in [0.15, 0.2) is 77.9 Å². The van der Waals surface area contributed by atoms with Gasteiger partial charge in [-0.25, -0.2) is 0 Å². The molecule has 1 aliphatic carbocycles. The molecule has 3 rings (SSSR count). The van der Waals surface area contributed by atoms with Crippen molar-refractivity contribution in [1.82, 2.24) is 0 Å². The van der Waals surface area contributed by atoms with Gasteiger partial charge in [-0.15, -0.1) is 0 Å². The molecular formula is C35H56O. The fraction of sp³-hybridized carbons (Fsp3) is 0.514. The van der Waals surface area contributed by atoms with E-state index in [-0.39, 0.29) is 5.78 Å². The molecule has 2 aromatic carbocycles. The van der Waals surface area contributed by atoms with Gasteiger partial charge in [-0.3, -0.25) is 4.79 Å². The first-order chi connectivity index (χ1) is 17.4. The Kier molecular flexibility index (Phi) is 25.5. The first kappa shape index (κ1) is 35.8. The van der Waals surface area contributed by atoms with E-state index in [1.165, 1.54) is 74.3 Å². The second kappa shape index (κ2) is 25.7. The second-order valence-electron chi connectivity index (χ2n) is 8.85. The number of carbonyl (C=O) groups is 1. The Hall–Kier alpha value is -2.41. The molecule has 1 aliphatic rings. The van der Waals surface area contributed by atoms with Crippen LogP contribution in [0.2, 0.25) is 0 Å². The third kappa shape index (κ3) is 18.9. The van der Waals surface area contributed by atoms with Crippen LogP contribution in [0.4, 0.5) is 0 Å². The highest BCUT2D eigenvalue weighted by Gasteiger charge is 1.99. The molecule has 0 aromatic heterocycles. The zero-order valence-corrected chi connectivity index (χ0v) is 25.1.